The number of ether oxygens (including phenoxy) is 2. The van der Waals surface area contributed by atoms with Crippen LogP contribution in [0.1, 0.15) is 12.5 Å². The molecule has 0 radical (unpaired) electrons. The highest BCUT2D eigenvalue weighted by molar-refractivity contribution is 5.68. The second-order valence-corrected chi connectivity index (χ2v) is 5.18. The van der Waals surface area contributed by atoms with Gasteiger partial charge in [-0.3, -0.25) is 4.79 Å². The molecule has 6 heteroatoms. The zero-order valence-corrected chi connectivity index (χ0v) is 12.2. The summed E-state index contributed by atoms with van der Waals surface area (Å²) >= 11 is 0. The van der Waals surface area contributed by atoms with Crippen LogP contribution in [0.15, 0.2) is 30.3 Å². The van der Waals surface area contributed by atoms with Crippen molar-refractivity contribution < 1.29 is 19.1 Å². The summed E-state index contributed by atoms with van der Waals surface area (Å²) in [6, 6.07) is 9.21. The molecule has 0 saturated carbocycles. The molecule has 114 valence electrons. The standard InChI is InChI=1S/C15H20N2O4/c1-11(18)21-14-9-17(2)8-13(14)16-15(19)20-10-12-6-4-3-5-7-12/h3-7,13-14H,8-10H2,1-2H3,(H,16,19)/t13-,14-/m0/s1. The van der Waals surface area contributed by atoms with Gasteiger partial charge in [0.25, 0.3) is 0 Å². The second-order valence-electron chi connectivity index (χ2n) is 5.18. The SMILES string of the molecule is CC(=O)O[C@H]1CN(C)C[C@@H]1NC(=O)OCc1ccccc1. The van der Waals surface area contributed by atoms with Crippen molar-refractivity contribution in [3.63, 3.8) is 0 Å². The van der Waals surface area contributed by atoms with Crippen LogP contribution in [0.3, 0.4) is 0 Å². The van der Waals surface area contributed by atoms with Crippen LogP contribution in [0.4, 0.5) is 4.79 Å². The molecular formula is C15H20N2O4. The Labute approximate surface area is 124 Å². The monoisotopic (exact) mass is 292 g/mol. The maximum absolute atomic E-state index is 11.8. The van der Waals surface area contributed by atoms with Crippen molar-refractivity contribution in [2.24, 2.45) is 0 Å². The molecule has 1 aromatic rings. The highest BCUT2D eigenvalue weighted by Crippen LogP contribution is 2.12. The van der Waals surface area contributed by atoms with Gasteiger partial charge in [-0.05, 0) is 12.6 Å². The van der Waals surface area contributed by atoms with E-state index in [4.69, 9.17) is 9.47 Å². The number of rotatable bonds is 4. The number of carbonyl (C=O) groups excluding carboxylic acids is 2. The van der Waals surface area contributed by atoms with Crippen LogP contribution in [0.5, 0.6) is 0 Å². The van der Waals surface area contributed by atoms with Gasteiger partial charge in [-0.25, -0.2) is 4.79 Å². The molecule has 1 aliphatic heterocycles. The first-order valence-corrected chi connectivity index (χ1v) is 6.87. The van der Waals surface area contributed by atoms with Crippen molar-refractivity contribution in [3.05, 3.63) is 35.9 Å². The summed E-state index contributed by atoms with van der Waals surface area (Å²) in [6.07, 6.45) is -0.840. The Kier molecular flexibility index (Phi) is 5.16. The molecule has 1 aliphatic rings. The lowest BCUT2D eigenvalue weighted by Crippen LogP contribution is -2.44. The molecule has 0 spiro atoms. The summed E-state index contributed by atoms with van der Waals surface area (Å²) in [5.41, 5.74) is 0.924. The molecule has 21 heavy (non-hydrogen) atoms. The minimum Gasteiger partial charge on any atom is -0.459 e. The zero-order valence-electron chi connectivity index (χ0n) is 12.2. The topological polar surface area (TPSA) is 67.9 Å². The Morgan fingerprint density at radius 1 is 1.29 bits per heavy atom. The normalized spacial score (nSPS) is 21.8. The molecule has 0 aliphatic carbocycles. The summed E-state index contributed by atoms with van der Waals surface area (Å²) in [5, 5.41) is 2.75. The van der Waals surface area contributed by atoms with E-state index in [1.54, 1.807) is 0 Å². The Morgan fingerprint density at radius 2 is 2.00 bits per heavy atom. The van der Waals surface area contributed by atoms with Gasteiger partial charge in [-0.15, -0.1) is 0 Å². The smallest absolute Gasteiger partial charge is 0.407 e. The van der Waals surface area contributed by atoms with Gasteiger partial charge >= 0.3 is 12.1 Å². The molecule has 1 heterocycles. The van der Waals surface area contributed by atoms with Crippen LogP contribution in [0, 0.1) is 0 Å². The number of likely N-dealkylation sites (N-methyl/N-ethyl adjacent to an activating group) is 1. The third kappa shape index (κ3) is 4.75. The van der Waals surface area contributed by atoms with Crippen molar-refractivity contribution in [2.45, 2.75) is 25.7 Å². The second kappa shape index (κ2) is 7.08. The van der Waals surface area contributed by atoms with E-state index < -0.39 is 6.09 Å². The largest absolute Gasteiger partial charge is 0.459 e. The summed E-state index contributed by atoms with van der Waals surface area (Å²) < 4.78 is 10.4. The van der Waals surface area contributed by atoms with Gasteiger partial charge in [0.15, 0.2) is 0 Å². The minimum absolute atomic E-state index is 0.216. The predicted molar refractivity (Wildman–Crippen MR) is 76.6 cm³/mol. The number of nitrogens with zero attached hydrogens (tertiary/aromatic N) is 1. The Bertz CT molecular complexity index is 492. The molecule has 2 atom stereocenters. The first kappa shape index (κ1) is 15.3. The van der Waals surface area contributed by atoms with Crippen molar-refractivity contribution in [3.8, 4) is 0 Å². The molecule has 1 aromatic carbocycles. The van der Waals surface area contributed by atoms with Gasteiger partial charge in [-0.2, -0.15) is 0 Å². The van der Waals surface area contributed by atoms with Crippen LogP contribution in [-0.2, 0) is 20.9 Å². The van der Waals surface area contributed by atoms with Gasteiger partial charge in [0.1, 0.15) is 12.7 Å². The molecule has 6 nitrogen and oxygen atoms in total. The van der Waals surface area contributed by atoms with Crippen LogP contribution in [-0.4, -0.2) is 49.2 Å². The number of hydrogen-bond acceptors (Lipinski definition) is 5. The van der Waals surface area contributed by atoms with Crippen LogP contribution in [0.2, 0.25) is 0 Å². The highest BCUT2D eigenvalue weighted by atomic mass is 16.6. The first-order valence-electron chi connectivity index (χ1n) is 6.87. The lowest BCUT2D eigenvalue weighted by Gasteiger charge is -2.19. The van der Waals surface area contributed by atoms with Crippen LogP contribution in [0.25, 0.3) is 0 Å². The molecular weight excluding hydrogens is 272 g/mol. The fraction of sp³-hybridized carbons (Fsp3) is 0.467. The maximum atomic E-state index is 11.8. The third-order valence-corrected chi connectivity index (χ3v) is 3.28. The van der Waals surface area contributed by atoms with Gasteiger partial charge in [0.2, 0.25) is 0 Å². The van der Waals surface area contributed by atoms with Crippen LogP contribution < -0.4 is 5.32 Å². The zero-order chi connectivity index (χ0) is 15.2. The van der Waals surface area contributed by atoms with E-state index in [9.17, 15) is 9.59 Å². The number of hydrogen-bond donors (Lipinski definition) is 1. The van der Waals surface area contributed by atoms with E-state index in [0.29, 0.717) is 13.1 Å². The number of amides is 1. The average molecular weight is 292 g/mol. The van der Waals surface area contributed by atoms with E-state index in [0.717, 1.165) is 5.56 Å². The van der Waals surface area contributed by atoms with E-state index >= 15 is 0 Å². The van der Waals surface area contributed by atoms with E-state index in [2.05, 4.69) is 5.32 Å². The van der Waals surface area contributed by atoms with E-state index in [1.807, 2.05) is 42.3 Å². The number of alkyl carbamates (subject to hydrolysis) is 1. The molecule has 1 fully saturated rings. The number of likely N-dealkylation sites (tertiary alicyclic amines) is 1. The molecule has 0 unspecified atom stereocenters. The molecule has 1 amide bonds. The van der Waals surface area contributed by atoms with Gasteiger partial charge in [0, 0.05) is 20.0 Å². The van der Waals surface area contributed by atoms with Crippen molar-refractivity contribution >= 4 is 12.1 Å². The lowest BCUT2D eigenvalue weighted by molar-refractivity contribution is -0.146. The first-order chi connectivity index (χ1) is 10.0. The van der Waals surface area contributed by atoms with Crippen molar-refractivity contribution in [1.82, 2.24) is 10.2 Å². The van der Waals surface area contributed by atoms with Crippen molar-refractivity contribution in [2.75, 3.05) is 20.1 Å². The molecule has 0 bridgehead atoms. The van der Waals surface area contributed by atoms with Crippen LogP contribution >= 0.6 is 0 Å². The fourth-order valence-electron chi connectivity index (χ4n) is 2.35. The number of carbonyl (C=O) groups is 2. The number of nitrogens with one attached hydrogen (secondary N) is 1. The quantitative estimate of drug-likeness (QED) is 0.843. The van der Waals surface area contributed by atoms with Gasteiger partial charge < -0.3 is 19.7 Å². The summed E-state index contributed by atoms with van der Waals surface area (Å²) in [5.74, 6) is -0.347. The van der Waals surface area contributed by atoms with E-state index in [-0.39, 0.29) is 24.7 Å². The van der Waals surface area contributed by atoms with E-state index in [1.165, 1.54) is 6.92 Å². The molecule has 1 N–H and O–H groups in total. The van der Waals surface area contributed by atoms with Gasteiger partial charge in [-0.1, -0.05) is 30.3 Å². The number of esters is 1. The average Bonchev–Trinajstić information content (AvgIpc) is 2.76. The highest BCUT2D eigenvalue weighted by Gasteiger charge is 2.34. The Hall–Kier alpha value is -2.08. The maximum Gasteiger partial charge on any atom is 0.407 e. The third-order valence-electron chi connectivity index (χ3n) is 3.28. The molecule has 1 saturated heterocycles. The minimum atomic E-state index is -0.503. The Balaban J connectivity index is 1.82. The lowest BCUT2D eigenvalue weighted by atomic mass is 10.2. The molecule has 0 aromatic heterocycles. The number of benzene rings is 1. The Morgan fingerprint density at radius 3 is 2.67 bits per heavy atom. The van der Waals surface area contributed by atoms with Gasteiger partial charge in [0.05, 0.1) is 6.04 Å². The van der Waals surface area contributed by atoms with Crippen molar-refractivity contribution in [1.29, 1.82) is 0 Å². The summed E-state index contributed by atoms with van der Waals surface area (Å²) in [6.45, 7) is 2.80. The summed E-state index contributed by atoms with van der Waals surface area (Å²) in [4.78, 5) is 24.9. The summed E-state index contributed by atoms with van der Waals surface area (Å²) in [7, 11) is 1.91. The predicted octanol–water partition coefficient (Wildman–Crippen LogP) is 1.16. The molecule has 2 rings (SSSR count). The fourth-order valence-corrected chi connectivity index (χ4v) is 2.35.